The number of benzene rings is 1. The lowest BCUT2D eigenvalue weighted by Gasteiger charge is -2.30. The van der Waals surface area contributed by atoms with Gasteiger partial charge >= 0.3 is 0 Å². The highest BCUT2D eigenvalue weighted by Gasteiger charge is 2.31. The predicted molar refractivity (Wildman–Crippen MR) is 95.3 cm³/mol. The Balaban J connectivity index is 3.03. The highest BCUT2D eigenvalue weighted by atomic mass is 35.5. The molecule has 0 fully saturated rings. The summed E-state index contributed by atoms with van der Waals surface area (Å²) >= 11 is 5.86. The zero-order valence-corrected chi connectivity index (χ0v) is 15.6. The van der Waals surface area contributed by atoms with Crippen molar-refractivity contribution in [3.63, 3.8) is 0 Å². The van der Waals surface area contributed by atoms with Crippen LogP contribution in [-0.4, -0.2) is 33.2 Å². The monoisotopic (exact) mass is 360 g/mol. The van der Waals surface area contributed by atoms with Crippen LogP contribution in [0.5, 0.6) is 0 Å². The van der Waals surface area contributed by atoms with Crippen molar-refractivity contribution in [1.29, 1.82) is 0 Å². The molecule has 5 nitrogen and oxygen atoms in total. The van der Waals surface area contributed by atoms with Gasteiger partial charge in [0.2, 0.25) is 15.9 Å². The average molecular weight is 361 g/mol. The summed E-state index contributed by atoms with van der Waals surface area (Å²) < 4.78 is 25.6. The van der Waals surface area contributed by atoms with E-state index in [2.05, 4.69) is 19.2 Å². The van der Waals surface area contributed by atoms with Crippen molar-refractivity contribution in [3.05, 3.63) is 29.3 Å². The first kappa shape index (κ1) is 19.8. The number of hydrogen-bond acceptors (Lipinski definition) is 3. The van der Waals surface area contributed by atoms with E-state index in [0.717, 1.165) is 17.0 Å². The standard InChI is InChI=1S/C16H25ClN2O3S/c1-5-15(16(20)18-11-10-12(2)3)19(23(4,21)22)14-8-6-13(17)7-9-14/h6-9,12,15H,5,10-11H2,1-4H3,(H,18,20)/t15-/m1/s1. The largest absolute Gasteiger partial charge is 0.354 e. The number of carbonyl (C=O) groups is 1. The summed E-state index contributed by atoms with van der Waals surface area (Å²) in [5, 5.41) is 3.34. The molecule has 0 aliphatic heterocycles. The maximum absolute atomic E-state index is 12.4. The summed E-state index contributed by atoms with van der Waals surface area (Å²) in [6.45, 7) is 6.46. The molecule has 1 aromatic carbocycles. The van der Waals surface area contributed by atoms with Crippen LogP contribution < -0.4 is 9.62 Å². The minimum atomic E-state index is -3.60. The SMILES string of the molecule is CC[C@H](C(=O)NCCC(C)C)N(c1ccc(Cl)cc1)S(C)(=O)=O. The molecule has 0 unspecified atom stereocenters. The van der Waals surface area contributed by atoms with Gasteiger partial charge in [0.25, 0.3) is 0 Å². The third-order valence-corrected chi connectivity index (χ3v) is 4.86. The van der Waals surface area contributed by atoms with Gasteiger partial charge in [-0.15, -0.1) is 0 Å². The Morgan fingerprint density at radius 2 is 1.83 bits per heavy atom. The molecule has 0 aliphatic carbocycles. The second kappa shape index (κ2) is 8.55. The van der Waals surface area contributed by atoms with Crippen molar-refractivity contribution in [2.75, 3.05) is 17.1 Å². The molecule has 0 saturated carbocycles. The summed E-state index contributed by atoms with van der Waals surface area (Å²) in [5.41, 5.74) is 0.433. The predicted octanol–water partition coefficient (Wildman–Crippen LogP) is 3.05. The molecule has 1 atom stereocenters. The van der Waals surface area contributed by atoms with Crippen molar-refractivity contribution in [2.45, 2.75) is 39.7 Å². The van der Waals surface area contributed by atoms with Gasteiger partial charge in [0.15, 0.2) is 0 Å². The molecule has 0 bridgehead atoms. The molecule has 1 rings (SSSR count). The minimum Gasteiger partial charge on any atom is -0.354 e. The van der Waals surface area contributed by atoms with E-state index >= 15 is 0 Å². The molecule has 0 heterocycles. The van der Waals surface area contributed by atoms with E-state index < -0.39 is 16.1 Å². The third-order valence-electron chi connectivity index (χ3n) is 3.43. The Kier molecular flexibility index (Phi) is 7.35. The lowest BCUT2D eigenvalue weighted by molar-refractivity contribution is -0.122. The van der Waals surface area contributed by atoms with E-state index in [1.54, 1.807) is 31.2 Å². The van der Waals surface area contributed by atoms with E-state index in [4.69, 9.17) is 11.6 Å². The van der Waals surface area contributed by atoms with Crippen LogP contribution >= 0.6 is 11.6 Å². The Bertz CT molecular complexity index is 615. The number of amides is 1. The highest BCUT2D eigenvalue weighted by molar-refractivity contribution is 7.92. The molecule has 0 radical (unpaired) electrons. The van der Waals surface area contributed by atoms with Gasteiger partial charge in [-0.3, -0.25) is 9.10 Å². The van der Waals surface area contributed by atoms with Crippen LogP contribution in [0.2, 0.25) is 5.02 Å². The molecule has 7 heteroatoms. The lowest BCUT2D eigenvalue weighted by Crippen LogP contribution is -2.49. The van der Waals surface area contributed by atoms with E-state index in [9.17, 15) is 13.2 Å². The molecule has 0 spiro atoms. The van der Waals surface area contributed by atoms with Crippen LogP contribution in [0.3, 0.4) is 0 Å². The molecule has 130 valence electrons. The van der Waals surface area contributed by atoms with Gasteiger partial charge < -0.3 is 5.32 Å². The first-order valence-corrected chi connectivity index (χ1v) is 9.92. The van der Waals surface area contributed by atoms with Crippen molar-refractivity contribution in [3.8, 4) is 0 Å². The van der Waals surface area contributed by atoms with E-state index in [1.165, 1.54) is 0 Å². The van der Waals surface area contributed by atoms with Crippen LogP contribution in [0.1, 0.15) is 33.6 Å². The molecule has 1 amide bonds. The Hall–Kier alpha value is -1.27. The number of nitrogens with zero attached hydrogens (tertiary/aromatic N) is 1. The van der Waals surface area contributed by atoms with Crippen LogP contribution in [0, 0.1) is 5.92 Å². The average Bonchev–Trinajstić information content (AvgIpc) is 2.44. The highest BCUT2D eigenvalue weighted by Crippen LogP contribution is 2.24. The fourth-order valence-electron chi connectivity index (χ4n) is 2.25. The number of nitrogens with one attached hydrogen (secondary N) is 1. The van der Waals surface area contributed by atoms with E-state index in [1.807, 2.05) is 0 Å². The fourth-order valence-corrected chi connectivity index (χ4v) is 3.59. The Morgan fingerprint density at radius 1 is 1.26 bits per heavy atom. The molecule has 1 aromatic rings. The van der Waals surface area contributed by atoms with Gasteiger partial charge in [-0.1, -0.05) is 32.4 Å². The quantitative estimate of drug-likeness (QED) is 0.774. The van der Waals surface area contributed by atoms with Crippen molar-refractivity contribution >= 4 is 33.2 Å². The van der Waals surface area contributed by atoms with Crippen LogP contribution in [-0.2, 0) is 14.8 Å². The van der Waals surface area contributed by atoms with Gasteiger partial charge in [-0.25, -0.2) is 8.42 Å². The summed E-state index contributed by atoms with van der Waals surface area (Å²) in [6, 6.07) is 5.65. The molecule has 23 heavy (non-hydrogen) atoms. The Labute approximate surface area is 144 Å². The van der Waals surface area contributed by atoms with Gasteiger partial charge in [0.05, 0.1) is 11.9 Å². The molecule has 0 saturated heterocycles. The van der Waals surface area contributed by atoms with Crippen LogP contribution in [0.15, 0.2) is 24.3 Å². The number of carbonyl (C=O) groups excluding carboxylic acids is 1. The van der Waals surface area contributed by atoms with Crippen LogP contribution in [0.25, 0.3) is 0 Å². The topological polar surface area (TPSA) is 66.5 Å². The number of anilines is 1. The molecular weight excluding hydrogens is 336 g/mol. The van der Waals surface area contributed by atoms with Gasteiger partial charge in [-0.2, -0.15) is 0 Å². The molecule has 0 aromatic heterocycles. The molecular formula is C16H25ClN2O3S. The maximum atomic E-state index is 12.4. The van der Waals surface area contributed by atoms with Gasteiger partial charge in [-0.05, 0) is 43.0 Å². The maximum Gasteiger partial charge on any atom is 0.243 e. The smallest absolute Gasteiger partial charge is 0.243 e. The fraction of sp³-hybridized carbons (Fsp3) is 0.562. The number of hydrogen-bond donors (Lipinski definition) is 1. The van der Waals surface area contributed by atoms with Crippen molar-refractivity contribution < 1.29 is 13.2 Å². The van der Waals surface area contributed by atoms with Crippen LogP contribution in [0.4, 0.5) is 5.69 Å². The second-order valence-electron chi connectivity index (χ2n) is 5.93. The summed E-state index contributed by atoms with van der Waals surface area (Å²) in [6.07, 6.45) is 2.33. The normalized spacial score (nSPS) is 13.0. The Morgan fingerprint density at radius 3 is 2.26 bits per heavy atom. The van der Waals surface area contributed by atoms with E-state index in [0.29, 0.717) is 29.6 Å². The zero-order valence-electron chi connectivity index (χ0n) is 14.0. The molecule has 0 aliphatic rings. The summed E-state index contributed by atoms with van der Waals surface area (Å²) in [4.78, 5) is 12.4. The van der Waals surface area contributed by atoms with Gasteiger partial charge in [0.1, 0.15) is 6.04 Å². The number of halogens is 1. The second-order valence-corrected chi connectivity index (χ2v) is 8.23. The van der Waals surface area contributed by atoms with Gasteiger partial charge in [0, 0.05) is 11.6 Å². The van der Waals surface area contributed by atoms with E-state index in [-0.39, 0.29) is 5.91 Å². The summed E-state index contributed by atoms with van der Waals surface area (Å²) in [7, 11) is -3.60. The lowest BCUT2D eigenvalue weighted by atomic mass is 10.1. The summed E-state index contributed by atoms with van der Waals surface area (Å²) in [5.74, 6) is 0.186. The third kappa shape index (κ3) is 6.03. The van der Waals surface area contributed by atoms with Crippen molar-refractivity contribution in [2.24, 2.45) is 5.92 Å². The minimum absolute atomic E-state index is 0.284. The first-order valence-electron chi connectivity index (χ1n) is 7.69. The molecule has 1 N–H and O–H groups in total. The van der Waals surface area contributed by atoms with Crippen molar-refractivity contribution in [1.82, 2.24) is 5.32 Å². The number of sulfonamides is 1. The zero-order chi connectivity index (χ0) is 17.6. The number of rotatable bonds is 8. The first-order chi connectivity index (χ1) is 10.7.